The molecule has 0 heterocycles. The van der Waals surface area contributed by atoms with Gasteiger partial charge in [-0.05, 0) is 73.0 Å². The number of oxime groups is 1. The van der Waals surface area contributed by atoms with Gasteiger partial charge in [-0.3, -0.25) is 0 Å². The van der Waals surface area contributed by atoms with Crippen LogP contribution in [0.3, 0.4) is 0 Å². The number of hydrogen-bond donors (Lipinski definition) is 1. The molecular weight excluding hydrogens is 425 g/mol. The molecule has 0 aromatic carbocycles. The number of fused-ring (bicyclic) bond motifs is 1. The molecule has 0 aromatic heterocycles. The van der Waals surface area contributed by atoms with E-state index in [1.54, 1.807) is 12.7 Å². The minimum Gasteiger partial charge on any atom is -0.399 e. The van der Waals surface area contributed by atoms with E-state index in [0.29, 0.717) is 23.8 Å². The third-order valence-electron chi connectivity index (χ3n) is 8.09. The van der Waals surface area contributed by atoms with Gasteiger partial charge in [0.05, 0.1) is 11.8 Å². The van der Waals surface area contributed by atoms with E-state index >= 15 is 0 Å². The summed E-state index contributed by atoms with van der Waals surface area (Å²) in [6.07, 6.45) is 15.5. The molecule has 0 spiro atoms. The van der Waals surface area contributed by atoms with E-state index in [1.807, 2.05) is 6.08 Å². The molecule has 1 N–H and O–H groups in total. The van der Waals surface area contributed by atoms with Crippen molar-refractivity contribution >= 4 is 5.71 Å². The zero-order valence-corrected chi connectivity index (χ0v) is 22.0. The zero-order chi connectivity index (χ0) is 25.1. The van der Waals surface area contributed by atoms with Crippen LogP contribution in [0.5, 0.6) is 0 Å². The van der Waals surface area contributed by atoms with Crippen molar-refractivity contribution in [1.82, 2.24) is 0 Å². The fraction of sp³-hybridized carbons (Fsp3) is 0.633. The summed E-state index contributed by atoms with van der Waals surface area (Å²) in [6, 6.07) is 0. The average Bonchev–Trinajstić information content (AvgIpc) is 3.11. The molecule has 3 nitrogen and oxygen atoms in total. The van der Waals surface area contributed by atoms with Gasteiger partial charge in [-0.2, -0.15) is 0 Å². The van der Waals surface area contributed by atoms with Gasteiger partial charge in [-0.1, -0.05) is 81.8 Å². The summed E-state index contributed by atoms with van der Waals surface area (Å²) in [5.74, 6) is 0.968. The Balaban J connectivity index is 1.73. The maximum atomic E-state index is 14.2. The van der Waals surface area contributed by atoms with Gasteiger partial charge in [-0.15, -0.1) is 0 Å². The van der Waals surface area contributed by atoms with Crippen LogP contribution in [0.1, 0.15) is 79.6 Å². The molecule has 0 radical (unpaired) electrons. The van der Waals surface area contributed by atoms with Crippen LogP contribution in [-0.2, 0) is 4.84 Å². The van der Waals surface area contributed by atoms with Crippen LogP contribution in [0.25, 0.3) is 0 Å². The highest BCUT2D eigenvalue weighted by molar-refractivity contribution is 5.98. The number of nitrogens with zero attached hydrogens (tertiary/aromatic N) is 1. The van der Waals surface area contributed by atoms with E-state index < -0.39 is 12.3 Å². The van der Waals surface area contributed by atoms with Gasteiger partial charge < -0.3 is 9.94 Å². The molecule has 2 fully saturated rings. The molecular formula is C30H44FNO2. The predicted molar refractivity (Wildman–Crippen MR) is 140 cm³/mol. The average molecular weight is 470 g/mol. The number of halogens is 1. The third kappa shape index (κ3) is 5.82. The molecule has 0 aliphatic heterocycles. The molecule has 188 valence electrons. The molecule has 0 unspecified atom stereocenters. The van der Waals surface area contributed by atoms with E-state index in [-0.39, 0.29) is 17.3 Å². The van der Waals surface area contributed by atoms with Gasteiger partial charge in [0.15, 0.2) is 0 Å². The molecule has 4 heteroatoms. The number of alkyl halides is 1. The Morgan fingerprint density at radius 2 is 2.12 bits per heavy atom. The smallest absolute Gasteiger partial charge is 0.127 e. The molecule has 3 aliphatic carbocycles. The molecule has 0 amide bonds. The van der Waals surface area contributed by atoms with Crippen LogP contribution in [0.2, 0.25) is 0 Å². The number of rotatable bonds is 6. The molecule has 3 aliphatic rings. The van der Waals surface area contributed by atoms with Gasteiger partial charge in [0, 0.05) is 11.8 Å². The molecule has 0 saturated heterocycles. The molecule has 2 saturated carbocycles. The van der Waals surface area contributed by atoms with Gasteiger partial charge >= 0.3 is 0 Å². The maximum Gasteiger partial charge on any atom is 0.127 e. The fourth-order valence-electron chi connectivity index (χ4n) is 6.08. The van der Waals surface area contributed by atoms with Crippen molar-refractivity contribution in [3.05, 3.63) is 59.3 Å². The first-order valence-corrected chi connectivity index (χ1v) is 12.9. The highest BCUT2D eigenvalue weighted by Gasteiger charge is 2.45. The lowest BCUT2D eigenvalue weighted by Crippen LogP contribution is -2.32. The number of aliphatic hydroxyl groups excluding tert-OH is 1. The quantitative estimate of drug-likeness (QED) is 0.246. The van der Waals surface area contributed by atoms with Crippen molar-refractivity contribution in [3.8, 4) is 0 Å². The molecule has 3 rings (SSSR count). The summed E-state index contributed by atoms with van der Waals surface area (Å²) < 4.78 is 14.2. The monoisotopic (exact) mass is 469 g/mol. The second-order valence-electron chi connectivity index (χ2n) is 11.7. The minimum atomic E-state index is -1.13. The van der Waals surface area contributed by atoms with Crippen LogP contribution < -0.4 is 0 Å². The van der Waals surface area contributed by atoms with Crippen LogP contribution in [-0.4, -0.2) is 30.2 Å². The summed E-state index contributed by atoms with van der Waals surface area (Å²) in [7, 11) is 1.60. The Hall–Kier alpha value is -1.94. The largest absolute Gasteiger partial charge is 0.399 e. The zero-order valence-electron chi connectivity index (χ0n) is 22.0. The Bertz CT molecular complexity index is 917. The van der Waals surface area contributed by atoms with Crippen LogP contribution >= 0.6 is 0 Å². The van der Waals surface area contributed by atoms with Crippen molar-refractivity contribution in [2.75, 3.05) is 7.11 Å². The topological polar surface area (TPSA) is 41.8 Å². The number of hydrogen-bond acceptors (Lipinski definition) is 3. The Kier molecular flexibility index (Phi) is 8.44. The van der Waals surface area contributed by atoms with Crippen LogP contribution in [0.15, 0.2) is 64.4 Å². The van der Waals surface area contributed by atoms with E-state index in [4.69, 9.17) is 4.84 Å². The van der Waals surface area contributed by atoms with Crippen molar-refractivity contribution in [2.24, 2.45) is 27.8 Å². The van der Waals surface area contributed by atoms with Crippen molar-refractivity contribution in [1.29, 1.82) is 0 Å². The Morgan fingerprint density at radius 1 is 1.38 bits per heavy atom. The first kappa shape index (κ1) is 26.7. The first-order chi connectivity index (χ1) is 16.0. The van der Waals surface area contributed by atoms with Crippen LogP contribution in [0, 0.1) is 22.7 Å². The Labute approximate surface area is 206 Å². The molecule has 34 heavy (non-hydrogen) atoms. The summed E-state index contributed by atoms with van der Waals surface area (Å²) in [4.78, 5) is 5.05. The summed E-state index contributed by atoms with van der Waals surface area (Å²) >= 11 is 0. The third-order valence-corrected chi connectivity index (χ3v) is 8.09. The number of aliphatic hydroxyl groups is 1. The predicted octanol–water partition coefficient (Wildman–Crippen LogP) is 7.66. The van der Waals surface area contributed by atoms with Crippen molar-refractivity contribution in [3.63, 3.8) is 0 Å². The second kappa shape index (κ2) is 10.8. The second-order valence-corrected chi connectivity index (χ2v) is 11.7. The fourth-order valence-corrected chi connectivity index (χ4v) is 6.08. The van der Waals surface area contributed by atoms with Gasteiger partial charge in [0.2, 0.25) is 0 Å². The van der Waals surface area contributed by atoms with E-state index in [9.17, 15) is 9.50 Å². The summed E-state index contributed by atoms with van der Waals surface area (Å²) in [5, 5.41) is 14.2. The SMILES string of the molecule is C=C1/C(=C\C=C2/CCC[C@]3(C)C([C@H](C)C/C=C/C(=N/OC)C(C)(C)C)=CC[C@@H]23)C[C@@H](O)C[C@@H]1F. The van der Waals surface area contributed by atoms with Crippen molar-refractivity contribution in [2.45, 2.75) is 91.8 Å². The minimum absolute atomic E-state index is 0.0567. The van der Waals surface area contributed by atoms with E-state index in [0.717, 1.165) is 30.5 Å². The molecule has 0 aromatic rings. The maximum absolute atomic E-state index is 14.2. The van der Waals surface area contributed by atoms with Crippen LogP contribution in [0.4, 0.5) is 4.39 Å². The number of allylic oxidation sites excluding steroid dienone is 8. The van der Waals surface area contributed by atoms with E-state index in [2.05, 4.69) is 70.7 Å². The van der Waals surface area contributed by atoms with Gasteiger partial charge in [-0.25, -0.2) is 4.39 Å². The molecule has 5 atom stereocenters. The normalized spacial score (nSPS) is 34.0. The molecule has 0 bridgehead atoms. The summed E-state index contributed by atoms with van der Waals surface area (Å²) in [5.41, 5.74) is 5.51. The lowest BCUT2D eigenvalue weighted by Gasteiger charge is -2.42. The standard InChI is InChI=1S/C30H44FNO2/c1-20(10-8-12-28(32-34-7)29(3,4)5)25-15-16-26-22(11-9-17-30(25,26)6)13-14-23-18-24(33)19-27(31)21(23)2/h8,12-15,20,24,26-27,33H,2,9-11,16-19H2,1,3-7H3/b12-8+,22-13+,23-14-,32-28-/t20-,24-,26+,27+,30-/m1/s1. The lowest BCUT2D eigenvalue weighted by molar-refractivity contribution is 0.124. The first-order valence-electron chi connectivity index (χ1n) is 12.9. The lowest BCUT2D eigenvalue weighted by atomic mass is 9.62. The van der Waals surface area contributed by atoms with Gasteiger partial charge in [0.1, 0.15) is 13.3 Å². The highest BCUT2D eigenvalue weighted by Crippen LogP contribution is 2.57. The Morgan fingerprint density at radius 3 is 2.79 bits per heavy atom. The summed E-state index contributed by atoms with van der Waals surface area (Å²) in [6.45, 7) is 15.1. The van der Waals surface area contributed by atoms with Crippen molar-refractivity contribution < 1.29 is 14.3 Å². The van der Waals surface area contributed by atoms with E-state index in [1.165, 1.54) is 18.4 Å². The highest BCUT2D eigenvalue weighted by atomic mass is 19.1. The van der Waals surface area contributed by atoms with Gasteiger partial charge in [0.25, 0.3) is 0 Å².